The fourth-order valence-electron chi connectivity index (χ4n) is 3.29. The molecule has 0 saturated carbocycles. The van der Waals surface area contributed by atoms with Crippen molar-refractivity contribution in [3.63, 3.8) is 0 Å². The molecule has 2 atom stereocenters. The van der Waals surface area contributed by atoms with Crippen molar-refractivity contribution in [2.24, 2.45) is 0 Å². The predicted molar refractivity (Wildman–Crippen MR) is 106 cm³/mol. The number of anilines is 1. The van der Waals surface area contributed by atoms with Gasteiger partial charge in [0.05, 0.1) is 12.5 Å². The molecule has 0 aliphatic carbocycles. The van der Waals surface area contributed by atoms with Crippen LogP contribution in [-0.2, 0) is 0 Å². The Kier molecular flexibility index (Phi) is 7.14. The van der Waals surface area contributed by atoms with E-state index in [0.29, 0.717) is 23.8 Å². The monoisotopic (exact) mass is 414 g/mol. The molecule has 2 aromatic heterocycles. The molecule has 2 unspecified atom stereocenters. The maximum absolute atomic E-state index is 14.1. The van der Waals surface area contributed by atoms with Crippen LogP contribution in [0.25, 0.3) is 10.9 Å². The van der Waals surface area contributed by atoms with Gasteiger partial charge in [-0.25, -0.2) is 13.8 Å². The Morgan fingerprint density at radius 1 is 1.32 bits per heavy atom. The Labute approximate surface area is 167 Å². The molecule has 2 saturated heterocycles. The molecule has 2 fully saturated rings. The second-order valence-electron chi connectivity index (χ2n) is 6.74. The van der Waals surface area contributed by atoms with Crippen molar-refractivity contribution < 1.29 is 13.5 Å². The molecule has 2 aliphatic heterocycles. The molecule has 10 heteroatoms. The highest BCUT2D eigenvalue weighted by atomic mass is 35.5. The highest BCUT2D eigenvalue weighted by Gasteiger charge is 2.21. The third-order valence-electron chi connectivity index (χ3n) is 4.86. The van der Waals surface area contributed by atoms with Gasteiger partial charge in [-0.2, -0.15) is 9.97 Å². The van der Waals surface area contributed by atoms with Crippen LogP contribution >= 0.6 is 11.6 Å². The number of alkyl halides is 1. The third-order valence-corrected chi connectivity index (χ3v) is 5.12. The van der Waals surface area contributed by atoms with Crippen LogP contribution in [0.15, 0.2) is 6.20 Å². The van der Waals surface area contributed by atoms with Crippen LogP contribution in [0.3, 0.4) is 0 Å². The fraction of sp³-hybridized carbons (Fsp3) is 0.611. The van der Waals surface area contributed by atoms with E-state index in [2.05, 4.69) is 37.4 Å². The van der Waals surface area contributed by atoms with Gasteiger partial charge in [-0.15, -0.1) is 0 Å². The summed E-state index contributed by atoms with van der Waals surface area (Å²) in [5, 5.41) is 6.67. The topological polar surface area (TPSA) is 75.2 Å². The molecular weight excluding hydrogens is 390 g/mol. The molecule has 154 valence electrons. The van der Waals surface area contributed by atoms with Gasteiger partial charge in [0.25, 0.3) is 0 Å². The van der Waals surface area contributed by atoms with E-state index in [0.717, 1.165) is 39.0 Å². The van der Waals surface area contributed by atoms with E-state index >= 15 is 0 Å². The number of ether oxygens (including phenoxy) is 1. The number of nitrogens with one attached hydrogen (secondary N) is 2. The Morgan fingerprint density at radius 3 is 2.64 bits per heavy atom. The highest BCUT2D eigenvalue weighted by molar-refractivity contribution is 6.30. The SMILES string of the molecule is CCC1CC(F)CN1.COc1nc(N2CCNCC2)c2cnc(Cl)c(F)c2n1. The zero-order chi connectivity index (χ0) is 20.1. The lowest BCUT2D eigenvalue weighted by molar-refractivity contribution is 0.354. The van der Waals surface area contributed by atoms with Crippen LogP contribution in [0.2, 0.25) is 5.15 Å². The van der Waals surface area contributed by atoms with Gasteiger partial charge >= 0.3 is 6.01 Å². The second kappa shape index (κ2) is 9.58. The van der Waals surface area contributed by atoms with Gasteiger partial charge in [0, 0.05) is 45.0 Å². The number of rotatable bonds is 3. The first kappa shape index (κ1) is 20.9. The molecule has 0 amide bonds. The number of hydrogen-bond donors (Lipinski definition) is 2. The minimum Gasteiger partial charge on any atom is -0.467 e. The Bertz CT molecular complexity index is 805. The summed E-state index contributed by atoms with van der Waals surface area (Å²) in [5.41, 5.74) is 0.130. The zero-order valence-corrected chi connectivity index (χ0v) is 16.8. The average molecular weight is 415 g/mol. The molecule has 2 N–H and O–H groups in total. The van der Waals surface area contributed by atoms with E-state index in [9.17, 15) is 8.78 Å². The molecule has 0 spiro atoms. The summed E-state index contributed by atoms with van der Waals surface area (Å²) in [4.78, 5) is 14.3. The standard InChI is InChI=1S/C12H13ClFN5O.C6H12FN/c1-20-12-17-9-7(6-16-10(13)8(9)14)11(18-12)19-4-2-15-3-5-19;1-2-6-3-5(7)4-8-6/h6,15H,2-5H2,1H3;5-6,8H,2-4H2,1H3. The lowest BCUT2D eigenvalue weighted by Gasteiger charge is -2.29. The van der Waals surface area contributed by atoms with Crippen LogP contribution in [0.5, 0.6) is 6.01 Å². The molecule has 4 heterocycles. The molecule has 0 aromatic carbocycles. The summed E-state index contributed by atoms with van der Waals surface area (Å²) in [6.45, 7) is 5.89. The molecule has 28 heavy (non-hydrogen) atoms. The Balaban J connectivity index is 0.000000236. The van der Waals surface area contributed by atoms with Crippen molar-refractivity contribution in [3.8, 4) is 6.01 Å². The maximum Gasteiger partial charge on any atom is 0.318 e. The van der Waals surface area contributed by atoms with Gasteiger partial charge in [0.2, 0.25) is 0 Å². The number of hydrogen-bond acceptors (Lipinski definition) is 7. The van der Waals surface area contributed by atoms with Crippen LogP contribution in [0, 0.1) is 5.82 Å². The first-order valence-corrected chi connectivity index (χ1v) is 9.80. The molecule has 2 aliphatic rings. The Morgan fingerprint density at radius 2 is 2.07 bits per heavy atom. The summed E-state index contributed by atoms with van der Waals surface area (Å²) >= 11 is 5.71. The molecule has 7 nitrogen and oxygen atoms in total. The third kappa shape index (κ3) is 4.76. The van der Waals surface area contributed by atoms with Crippen molar-refractivity contribution in [2.75, 3.05) is 44.7 Å². The number of aromatic nitrogens is 3. The lowest BCUT2D eigenvalue weighted by atomic mass is 10.2. The van der Waals surface area contributed by atoms with Crippen molar-refractivity contribution in [3.05, 3.63) is 17.2 Å². The van der Waals surface area contributed by atoms with E-state index in [4.69, 9.17) is 16.3 Å². The average Bonchev–Trinajstić information content (AvgIpc) is 3.16. The van der Waals surface area contributed by atoms with Crippen LogP contribution in [0.1, 0.15) is 19.8 Å². The molecule has 0 bridgehead atoms. The smallest absolute Gasteiger partial charge is 0.318 e. The van der Waals surface area contributed by atoms with Crippen molar-refractivity contribution in [1.82, 2.24) is 25.6 Å². The minimum absolute atomic E-state index is 0.118. The summed E-state index contributed by atoms with van der Waals surface area (Å²) in [5.74, 6) is -0.0299. The highest BCUT2D eigenvalue weighted by Crippen LogP contribution is 2.29. The van der Waals surface area contributed by atoms with Crippen LogP contribution < -0.4 is 20.3 Å². The number of piperazine rings is 1. The van der Waals surface area contributed by atoms with Crippen molar-refractivity contribution in [1.29, 1.82) is 0 Å². The quantitative estimate of drug-likeness (QED) is 0.746. The first-order chi connectivity index (χ1) is 13.5. The number of halogens is 3. The van der Waals surface area contributed by atoms with Gasteiger partial charge < -0.3 is 20.3 Å². The van der Waals surface area contributed by atoms with E-state index in [-0.39, 0.29) is 16.7 Å². The van der Waals surface area contributed by atoms with Gasteiger partial charge in [-0.3, -0.25) is 0 Å². The first-order valence-electron chi connectivity index (χ1n) is 9.42. The minimum atomic E-state index is -0.652. The van der Waals surface area contributed by atoms with Gasteiger partial charge in [-0.1, -0.05) is 18.5 Å². The number of nitrogens with zero attached hydrogens (tertiary/aromatic N) is 4. The molecule has 2 aromatic rings. The van der Waals surface area contributed by atoms with Crippen molar-refractivity contribution >= 4 is 28.3 Å². The summed E-state index contributed by atoms with van der Waals surface area (Å²) < 4.78 is 31.4. The maximum atomic E-state index is 14.1. The summed E-state index contributed by atoms with van der Waals surface area (Å²) in [6.07, 6.45) is 2.69. The Hall–Kier alpha value is -1.84. The van der Waals surface area contributed by atoms with Crippen molar-refractivity contribution in [2.45, 2.75) is 32.0 Å². The zero-order valence-electron chi connectivity index (χ0n) is 16.0. The van der Waals surface area contributed by atoms with E-state index in [1.54, 1.807) is 0 Å². The number of pyridine rings is 1. The normalized spacial score (nSPS) is 22.1. The van der Waals surface area contributed by atoms with Gasteiger partial charge in [0.15, 0.2) is 11.0 Å². The van der Waals surface area contributed by atoms with Gasteiger partial charge in [0.1, 0.15) is 17.5 Å². The lowest BCUT2D eigenvalue weighted by Crippen LogP contribution is -2.44. The fourth-order valence-corrected chi connectivity index (χ4v) is 3.43. The second-order valence-corrected chi connectivity index (χ2v) is 7.10. The van der Waals surface area contributed by atoms with E-state index in [1.165, 1.54) is 13.3 Å². The molecule has 4 rings (SSSR count). The van der Waals surface area contributed by atoms with Crippen LogP contribution in [-0.4, -0.2) is 67.0 Å². The van der Waals surface area contributed by atoms with Gasteiger partial charge in [-0.05, 0) is 12.8 Å². The largest absolute Gasteiger partial charge is 0.467 e. The van der Waals surface area contributed by atoms with E-state index in [1.807, 2.05) is 0 Å². The number of fused-ring (bicyclic) bond motifs is 1. The van der Waals surface area contributed by atoms with Crippen LogP contribution in [0.4, 0.5) is 14.6 Å². The predicted octanol–water partition coefficient (Wildman–Crippen LogP) is 2.33. The van der Waals surface area contributed by atoms with E-state index < -0.39 is 12.0 Å². The summed E-state index contributed by atoms with van der Waals surface area (Å²) in [6, 6.07) is 0.567. The molecular formula is C18H25ClF2N6O. The molecule has 0 radical (unpaired) electrons. The number of methoxy groups -OCH3 is 1. The summed E-state index contributed by atoms with van der Waals surface area (Å²) in [7, 11) is 1.45.